The minimum absolute atomic E-state index is 0.720. The minimum Gasteiger partial charge on any atom is -0.0917 e. The van der Waals surface area contributed by atoms with Crippen LogP contribution in [0.4, 0.5) is 0 Å². The van der Waals surface area contributed by atoms with Crippen LogP contribution in [-0.2, 0) is 0 Å². The molecule has 14 heavy (non-hydrogen) atoms. The Morgan fingerprint density at radius 3 is 1.71 bits per heavy atom. The van der Waals surface area contributed by atoms with Crippen LogP contribution in [-0.4, -0.2) is 8.07 Å². The van der Waals surface area contributed by atoms with Gasteiger partial charge in [-0.05, 0) is 26.7 Å². The third-order valence-electron chi connectivity index (χ3n) is 3.57. The molecule has 1 aliphatic heterocycles. The van der Waals surface area contributed by atoms with Gasteiger partial charge in [0.1, 0.15) is 0 Å². The van der Waals surface area contributed by atoms with E-state index in [0.29, 0.717) is 0 Å². The van der Waals surface area contributed by atoms with Gasteiger partial charge in [-0.25, -0.2) is 0 Å². The zero-order valence-electron chi connectivity index (χ0n) is 9.76. The Morgan fingerprint density at radius 1 is 0.929 bits per heavy atom. The highest BCUT2D eigenvalue weighted by molar-refractivity contribution is 6.82. The molecule has 0 nitrogen and oxygen atoms in total. The predicted octanol–water partition coefficient (Wildman–Crippen LogP) is 4.77. The monoisotopic (exact) mass is 208 g/mol. The van der Waals surface area contributed by atoms with Gasteiger partial charge >= 0.3 is 0 Å². The van der Waals surface area contributed by atoms with Gasteiger partial charge in [-0.15, -0.1) is 0 Å². The van der Waals surface area contributed by atoms with Crippen molar-refractivity contribution < 1.29 is 0 Å². The van der Waals surface area contributed by atoms with Crippen molar-refractivity contribution in [1.29, 1.82) is 0 Å². The SMILES string of the molecule is CC=CCC[Si]1(CCC=CC)CCC1. The molecule has 0 bridgehead atoms. The number of hydrogen-bond donors (Lipinski definition) is 0. The van der Waals surface area contributed by atoms with Crippen LogP contribution in [0, 0.1) is 0 Å². The lowest BCUT2D eigenvalue weighted by atomic mass is 10.4. The highest BCUT2D eigenvalue weighted by Gasteiger charge is 2.37. The summed E-state index contributed by atoms with van der Waals surface area (Å²) in [6.07, 6.45) is 13.3. The van der Waals surface area contributed by atoms with E-state index in [1.807, 2.05) is 0 Å². The van der Waals surface area contributed by atoms with E-state index in [1.165, 1.54) is 19.3 Å². The van der Waals surface area contributed by atoms with E-state index in [1.54, 1.807) is 24.2 Å². The zero-order valence-corrected chi connectivity index (χ0v) is 10.8. The number of hydrogen-bond acceptors (Lipinski definition) is 0. The summed E-state index contributed by atoms with van der Waals surface area (Å²) in [7, 11) is -0.720. The first-order valence-corrected chi connectivity index (χ1v) is 8.88. The molecule has 0 spiro atoms. The van der Waals surface area contributed by atoms with Crippen LogP contribution >= 0.6 is 0 Å². The Morgan fingerprint density at radius 2 is 1.43 bits per heavy atom. The molecular formula is C13H24Si. The molecule has 1 rings (SSSR count). The lowest BCUT2D eigenvalue weighted by molar-refractivity contribution is 0.836. The van der Waals surface area contributed by atoms with Crippen LogP contribution < -0.4 is 0 Å². The third kappa shape index (κ3) is 3.45. The summed E-state index contributed by atoms with van der Waals surface area (Å²) in [4.78, 5) is 0. The van der Waals surface area contributed by atoms with Gasteiger partial charge in [0, 0.05) is 0 Å². The van der Waals surface area contributed by atoms with Gasteiger partial charge in [-0.2, -0.15) is 0 Å². The molecule has 0 unspecified atom stereocenters. The Balaban J connectivity index is 2.26. The molecule has 0 radical (unpaired) electrons. The highest BCUT2D eigenvalue weighted by Crippen LogP contribution is 2.41. The van der Waals surface area contributed by atoms with Gasteiger partial charge in [-0.1, -0.05) is 54.9 Å². The minimum atomic E-state index is -0.720. The second-order valence-corrected chi connectivity index (χ2v) is 9.57. The molecule has 0 aromatic heterocycles. The zero-order chi connectivity index (χ0) is 10.3. The largest absolute Gasteiger partial charge is 0.0917 e. The maximum atomic E-state index is 2.35. The van der Waals surface area contributed by atoms with Gasteiger partial charge in [0.05, 0.1) is 8.07 Å². The van der Waals surface area contributed by atoms with Crippen molar-refractivity contribution in [1.82, 2.24) is 0 Å². The van der Waals surface area contributed by atoms with Crippen molar-refractivity contribution in [3.05, 3.63) is 24.3 Å². The maximum Gasteiger partial charge on any atom is 0.0541 e. The Hall–Kier alpha value is -0.303. The fraction of sp³-hybridized carbons (Fsp3) is 0.692. The Bertz CT molecular complexity index is 181. The normalized spacial score (nSPS) is 20.4. The van der Waals surface area contributed by atoms with Crippen LogP contribution in [0.2, 0.25) is 24.2 Å². The molecule has 0 aromatic rings. The van der Waals surface area contributed by atoms with Gasteiger partial charge in [0.15, 0.2) is 0 Å². The second-order valence-electron chi connectivity index (χ2n) is 4.57. The van der Waals surface area contributed by atoms with Gasteiger partial charge in [0.2, 0.25) is 0 Å². The molecule has 1 heteroatoms. The van der Waals surface area contributed by atoms with E-state index in [0.717, 1.165) is 0 Å². The van der Waals surface area contributed by atoms with E-state index >= 15 is 0 Å². The van der Waals surface area contributed by atoms with E-state index in [-0.39, 0.29) is 0 Å². The molecule has 0 aromatic carbocycles. The van der Waals surface area contributed by atoms with Crippen LogP contribution in [0.5, 0.6) is 0 Å². The van der Waals surface area contributed by atoms with Gasteiger partial charge in [-0.3, -0.25) is 0 Å². The first-order valence-electron chi connectivity index (χ1n) is 6.05. The predicted molar refractivity (Wildman–Crippen MR) is 68.5 cm³/mol. The standard InChI is InChI=1S/C13H24Si/c1-3-5-7-10-14(12-9-13-14)11-8-6-4-2/h3-6H,7-13H2,1-2H3. The average Bonchev–Trinajstić information content (AvgIpc) is 2.13. The summed E-state index contributed by atoms with van der Waals surface area (Å²) >= 11 is 0. The second kappa shape index (κ2) is 6.23. The summed E-state index contributed by atoms with van der Waals surface area (Å²) in [5.74, 6) is 0. The van der Waals surface area contributed by atoms with Crippen LogP contribution in [0.25, 0.3) is 0 Å². The molecule has 0 aliphatic carbocycles. The lowest BCUT2D eigenvalue weighted by Crippen LogP contribution is -2.40. The smallest absolute Gasteiger partial charge is 0.0541 e. The molecule has 0 saturated carbocycles. The van der Waals surface area contributed by atoms with Crippen molar-refractivity contribution in [3.8, 4) is 0 Å². The third-order valence-corrected chi connectivity index (χ3v) is 9.10. The van der Waals surface area contributed by atoms with Crippen LogP contribution in [0.15, 0.2) is 24.3 Å². The van der Waals surface area contributed by atoms with Crippen molar-refractivity contribution >= 4 is 8.07 Å². The van der Waals surface area contributed by atoms with Gasteiger partial charge < -0.3 is 0 Å². The summed E-state index contributed by atoms with van der Waals surface area (Å²) in [5, 5.41) is 0. The quantitative estimate of drug-likeness (QED) is 0.435. The molecule has 0 atom stereocenters. The highest BCUT2D eigenvalue weighted by atomic mass is 28.3. The first kappa shape index (κ1) is 11.8. The maximum absolute atomic E-state index is 2.35. The fourth-order valence-corrected chi connectivity index (χ4v) is 6.58. The van der Waals surface area contributed by atoms with E-state index in [2.05, 4.69) is 38.2 Å². The molecule has 0 N–H and O–H groups in total. The number of rotatable bonds is 6. The molecule has 0 amide bonds. The lowest BCUT2D eigenvalue weighted by Gasteiger charge is -2.40. The van der Waals surface area contributed by atoms with E-state index in [4.69, 9.17) is 0 Å². The van der Waals surface area contributed by atoms with Crippen molar-refractivity contribution in [2.24, 2.45) is 0 Å². The Kier molecular flexibility index (Phi) is 5.24. The van der Waals surface area contributed by atoms with Crippen LogP contribution in [0.3, 0.4) is 0 Å². The molecular weight excluding hydrogens is 184 g/mol. The molecule has 1 aliphatic rings. The van der Waals surface area contributed by atoms with Gasteiger partial charge in [0.25, 0.3) is 0 Å². The van der Waals surface area contributed by atoms with E-state index < -0.39 is 8.07 Å². The Labute approximate surface area is 90.1 Å². The first-order chi connectivity index (χ1) is 6.83. The van der Waals surface area contributed by atoms with Crippen molar-refractivity contribution in [2.75, 3.05) is 0 Å². The number of allylic oxidation sites excluding steroid dienone is 4. The molecule has 80 valence electrons. The van der Waals surface area contributed by atoms with Crippen molar-refractivity contribution in [2.45, 2.75) is 57.3 Å². The summed E-state index contributed by atoms with van der Waals surface area (Å²) < 4.78 is 0. The molecule has 1 saturated heterocycles. The summed E-state index contributed by atoms with van der Waals surface area (Å²) in [6.45, 7) is 4.27. The van der Waals surface area contributed by atoms with E-state index in [9.17, 15) is 0 Å². The molecule has 1 heterocycles. The average molecular weight is 208 g/mol. The molecule has 1 fully saturated rings. The van der Waals surface area contributed by atoms with Crippen molar-refractivity contribution in [3.63, 3.8) is 0 Å². The topological polar surface area (TPSA) is 0 Å². The van der Waals surface area contributed by atoms with Crippen LogP contribution in [0.1, 0.15) is 33.1 Å². The summed E-state index contributed by atoms with van der Waals surface area (Å²) in [5.41, 5.74) is 0. The summed E-state index contributed by atoms with van der Waals surface area (Å²) in [6, 6.07) is 6.33. The fourth-order valence-electron chi connectivity index (χ4n) is 2.41.